The van der Waals surface area contributed by atoms with Crippen LogP contribution in [-0.2, 0) is 6.61 Å². The first-order valence-electron chi connectivity index (χ1n) is 6.00. The van der Waals surface area contributed by atoms with Crippen molar-refractivity contribution in [2.45, 2.75) is 20.5 Å². The van der Waals surface area contributed by atoms with Gasteiger partial charge in [0.05, 0.1) is 16.2 Å². The molecule has 0 aliphatic heterocycles. The van der Waals surface area contributed by atoms with Crippen molar-refractivity contribution in [2.75, 3.05) is 0 Å². The van der Waals surface area contributed by atoms with Gasteiger partial charge in [0.15, 0.2) is 0 Å². The number of benzene rings is 1. The van der Waals surface area contributed by atoms with Crippen LogP contribution >= 0.6 is 0 Å². The van der Waals surface area contributed by atoms with Crippen LogP contribution in [0.15, 0.2) is 30.5 Å². The summed E-state index contributed by atoms with van der Waals surface area (Å²) in [6.07, 6.45) is 1.47. The summed E-state index contributed by atoms with van der Waals surface area (Å²) >= 11 is 0. The zero-order chi connectivity index (χ0) is 14.7. The maximum Gasteiger partial charge on any atom is 0.278 e. The highest BCUT2D eigenvalue weighted by Crippen LogP contribution is 2.25. The van der Waals surface area contributed by atoms with E-state index in [9.17, 15) is 15.2 Å². The van der Waals surface area contributed by atoms with E-state index in [1.54, 1.807) is 26.0 Å². The van der Waals surface area contributed by atoms with Gasteiger partial charge in [-0.3, -0.25) is 15.1 Å². The number of ether oxygens (including phenoxy) is 1. The van der Waals surface area contributed by atoms with Crippen LogP contribution in [0.1, 0.15) is 16.8 Å². The van der Waals surface area contributed by atoms with Crippen molar-refractivity contribution in [1.82, 2.24) is 4.98 Å². The maximum absolute atomic E-state index is 11.0. The summed E-state index contributed by atoms with van der Waals surface area (Å²) < 4.78 is 5.51. The zero-order valence-corrected chi connectivity index (χ0v) is 11.2. The normalized spacial score (nSPS) is 10.3. The highest BCUT2D eigenvalue weighted by atomic mass is 16.6. The molecule has 1 N–H and O–H groups in total. The number of aryl methyl sites for hydroxylation is 1. The van der Waals surface area contributed by atoms with E-state index in [4.69, 9.17) is 4.74 Å². The lowest BCUT2D eigenvalue weighted by molar-refractivity contribution is -0.386. The van der Waals surface area contributed by atoms with Gasteiger partial charge in [-0.05, 0) is 38.1 Å². The van der Waals surface area contributed by atoms with Crippen LogP contribution in [0.25, 0.3) is 0 Å². The quantitative estimate of drug-likeness (QED) is 0.684. The second kappa shape index (κ2) is 5.56. The molecule has 0 amide bonds. The van der Waals surface area contributed by atoms with Gasteiger partial charge in [0.2, 0.25) is 0 Å². The summed E-state index contributed by atoms with van der Waals surface area (Å²) in [5, 5.41) is 20.2. The Labute approximate surface area is 115 Å². The van der Waals surface area contributed by atoms with Crippen LogP contribution in [0.2, 0.25) is 0 Å². The molecule has 6 nitrogen and oxygen atoms in total. The number of nitrogens with zero attached hydrogens (tertiary/aromatic N) is 2. The molecule has 0 radical (unpaired) electrons. The molecule has 0 atom stereocenters. The van der Waals surface area contributed by atoms with Gasteiger partial charge < -0.3 is 9.84 Å². The molecule has 2 aromatic rings. The molecule has 0 saturated heterocycles. The van der Waals surface area contributed by atoms with E-state index in [0.717, 1.165) is 0 Å². The fraction of sp³-hybridized carbons (Fsp3) is 0.214. The molecule has 2 rings (SSSR count). The standard InChI is InChI=1S/C14H14N2O4/c1-9-7-15-13(10(2)14(9)16(18)19)8-20-12-5-3-11(17)4-6-12/h3-7,17H,8H2,1-2H3. The molecule has 0 spiro atoms. The molecule has 6 heteroatoms. The molecule has 104 valence electrons. The van der Waals surface area contributed by atoms with Gasteiger partial charge in [0.25, 0.3) is 5.69 Å². The van der Waals surface area contributed by atoms with E-state index >= 15 is 0 Å². The number of aromatic nitrogens is 1. The van der Waals surface area contributed by atoms with Gasteiger partial charge in [-0.25, -0.2) is 0 Å². The Morgan fingerprint density at radius 1 is 1.30 bits per heavy atom. The van der Waals surface area contributed by atoms with Crippen LogP contribution in [-0.4, -0.2) is 15.0 Å². The van der Waals surface area contributed by atoms with Crippen LogP contribution < -0.4 is 4.74 Å². The number of phenols is 1. The Bertz CT molecular complexity index is 638. The predicted molar refractivity (Wildman–Crippen MR) is 72.8 cm³/mol. The predicted octanol–water partition coefficient (Wildman–Crippen LogP) is 2.89. The van der Waals surface area contributed by atoms with Gasteiger partial charge in [0.1, 0.15) is 18.1 Å². The largest absolute Gasteiger partial charge is 0.508 e. The summed E-state index contributed by atoms with van der Waals surface area (Å²) in [4.78, 5) is 14.8. The summed E-state index contributed by atoms with van der Waals surface area (Å²) in [5.74, 6) is 0.713. The minimum absolute atomic E-state index is 0.0734. The minimum Gasteiger partial charge on any atom is -0.508 e. The van der Waals surface area contributed by atoms with Crippen molar-refractivity contribution in [2.24, 2.45) is 0 Å². The molecule has 0 bridgehead atoms. The molecular formula is C14H14N2O4. The van der Waals surface area contributed by atoms with E-state index < -0.39 is 4.92 Å². The van der Waals surface area contributed by atoms with Crippen LogP contribution in [0, 0.1) is 24.0 Å². The number of rotatable bonds is 4. The lowest BCUT2D eigenvalue weighted by Gasteiger charge is -2.09. The van der Waals surface area contributed by atoms with Crippen molar-refractivity contribution in [3.8, 4) is 11.5 Å². The Morgan fingerprint density at radius 3 is 2.55 bits per heavy atom. The fourth-order valence-electron chi connectivity index (χ4n) is 1.89. The Balaban J connectivity index is 2.20. The smallest absolute Gasteiger partial charge is 0.278 e. The lowest BCUT2D eigenvalue weighted by atomic mass is 10.1. The SMILES string of the molecule is Cc1cnc(COc2ccc(O)cc2)c(C)c1[N+](=O)[O-]. The van der Waals surface area contributed by atoms with Gasteiger partial charge >= 0.3 is 0 Å². The van der Waals surface area contributed by atoms with E-state index in [1.165, 1.54) is 18.3 Å². The van der Waals surface area contributed by atoms with E-state index in [0.29, 0.717) is 22.6 Å². The van der Waals surface area contributed by atoms with Gasteiger partial charge in [-0.15, -0.1) is 0 Å². The fourth-order valence-corrected chi connectivity index (χ4v) is 1.89. The Hall–Kier alpha value is -2.63. The summed E-state index contributed by atoms with van der Waals surface area (Å²) in [7, 11) is 0. The maximum atomic E-state index is 11.0. The molecule has 0 aliphatic carbocycles. The van der Waals surface area contributed by atoms with Gasteiger partial charge in [-0.2, -0.15) is 0 Å². The number of hydrogen-bond donors (Lipinski definition) is 1. The third-order valence-electron chi connectivity index (χ3n) is 2.97. The molecular weight excluding hydrogens is 260 g/mol. The molecule has 0 unspecified atom stereocenters. The van der Waals surface area contributed by atoms with Crippen LogP contribution in [0.3, 0.4) is 0 Å². The number of phenolic OH excluding ortho intramolecular Hbond substituents is 1. The van der Waals surface area contributed by atoms with Crippen LogP contribution in [0.4, 0.5) is 5.69 Å². The first-order valence-corrected chi connectivity index (χ1v) is 6.00. The Morgan fingerprint density at radius 2 is 1.95 bits per heavy atom. The monoisotopic (exact) mass is 274 g/mol. The first kappa shape index (κ1) is 13.8. The molecule has 1 aromatic carbocycles. The van der Waals surface area contributed by atoms with E-state index in [1.807, 2.05) is 0 Å². The zero-order valence-electron chi connectivity index (χ0n) is 11.2. The van der Waals surface area contributed by atoms with Crippen molar-refractivity contribution in [3.05, 3.63) is 57.4 Å². The summed E-state index contributed by atoms with van der Waals surface area (Å²) in [6.45, 7) is 3.45. The molecule has 1 aromatic heterocycles. The second-order valence-corrected chi connectivity index (χ2v) is 4.40. The average molecular weight is 274 g/mol. The minimum atomic E-state index is -0.406. The molecule has 0 fully saturated rings. The topological polar surface area (TPSA) is 85.5 Å². The highest BCUT2D eigenvalue weighted by molar-refractivity contribution is 5.47. The van der Waals surface area contributed by atoms with Crippen molar-refractivity contribution < 1.29 is 14.8 Å². The van der Waals surface area contributed by atoms with Gasteiger partial charge in [0, 0.05) is 11.8 Å². The molecule has 1 heterocycles. The number of pyridine rings is 1. The highest BCUT2D eigenvalue weighted by Gasteiger charge is 2.18. The average Bonchev–Trinajstić information content (AvgIpc) is 2.39. The first-order chi connectivity index (χ1) is 9.49. The summed E-state index contributed by atoms with van der Waals surface area (Å²) in [6, 6.07) is 6.25. The van der Waals surface area contributed by atoms with Crippen molar-refractivity contribution in [1.29, 1.82) is 0 Å². The van der Waals surface area contributed by atoms with Gasteiger partial charge in [-0.1, -0.05) is 0 Å². The van der Waals surface area contributed by atoms with E-state index in [2.05, 4.69) is 4.98 Å². The van der Waals surface area contributed by atoms with Crippen molar-refractivity contribution in [3.63, 3.8) is 0 Å². The number of aromatic hydroxyl groups is 1. The third kappa shape index (κ3) is 2.85. The summed E-state index contributed by atoms with van der Waals surface area (Å²) in [5.41, 5.74) is 1.63. The number of nitro groups is 1. The Kier molecular flexibility index (Phi) is 3.84. The van der Waals surface area contributed by atoms with Crippen molar-refractivity contribution >= 4 is 5.69 Å². The van der Waals surface area contributed by atoms with E-state index in [-0.39, 0.29) is 18.0 Å². The molecule has 0 saturated carbocycles. The molecule has 0 aliphatic rings. The molecule has 20 heavy (non-hydrogen) atoms. The second-order valence-electron chi connectivity index (χ2n) is 4.40. The van der Waals surface area contributed by atoms with Crippen LogP contribution in [0.5, 0.6) is 11.5 Å². The lowest BCUT2D eigenvalue weighted by Crippen LogP contribution is -2.05. The third-order valence-corrected chi connectivity index (χ3v) is 2.97. The number of hydrogen-bond acceptors (Lipinski definition) is 5.